The Morgan fingerprint density at radius 2 is 1.85 bits per heavy atom. The maximum atomic E-state index is 12.5. The SMILES string of the molecule is CCOc1ccc(C(=O)[C@H](C)OC(=O)c2cc(Cl)c(N)cc2OC)cc1. The second-order valence-electron chi connectivity index (χ2n) is 5.44. The number of ketones is 1. The molecule has 0 saturated heterocycles. The second-order valence-corrected chi connectivity index (χ2v) is 5.85. The Balaban J connectivity index is 2.13. The fourth-order valence-corrected chi connectivity index (χ4v) is 2.46. The summed E-state index contributed by atoms with van der Waals surface area (Å²) in [7, 11) is 1.40. The lowest BCUT2D eigenvalue weighted by molar-refractivity contribution is 0.0316. The number of rotatable bonds is 7. The minimum Gasteiger partial charge on any atom is -0.496 e. The van der Waals surface area contributed by atoms with Gasteiger partial charge in [-0.05, 0) is 44.2 Å². The Labute approximate surface area is 156 Å². The largest absolute Gasteiger partial charge is 0.496 e. The first kappa shape index (κ1) is 19.6. The van der Waals surface area contributed by atoms with E-state index in [-0.39, 0.29) is 27.8 Å². The van der Waals surface area contributed by atoms with Gasteiger partial charge in [0.25, 0.3) is 0 Å². The van der Waals surface area contributed by atoms with E-state index in [0.717, 1.165) is 0 Å². The van der Waals surface area contributed by atoms with Crippen LogP contribution >= 0.6 is 11.6 Å². The zero-order chi connectivity index (χ0) is 19.3. The molecule has 0 aliphatic carbocycles. The second kappa shape index (κ2) is 8.58. The Hall–Kier alpha value is -2.73. The highest BCUT2D eigenvalue weighted by Gasteiger charge is 2.23. The molecule has 2 rings (SSSR count). The molecule has 0 amide bonds. The van der Waals surface area contributed by atoms with Crippen LogP contribution in [0.15, 0.2) is 36.4 Å². The number of nitrogen functional groups attached to an aromatic ring is 1. The number of carbonyl (C=O) groups excluding carboxylic acids is 2. The van der Waals surface area contributed by atoms with Crippen molar-refractivity contribution >= 4 is 29.0 Å². The number of carbonyl (C=O) groups is 2. The predicted molar refractivity (Wildman–Crippen MR) is 99.2 cm³/mol. The molecule has 0 bridgehead atoms. The molecule has 26 heavy (non-hydrogen) atoms. The molecule has 0 heterocycles. The topological polar surface area (TPSA) is 87.9 Å². The molecule has 0 fully saturated rings. The van der Waals surface area contributed by atoms with Crippen molar-refractivity contribution in [2.45, 2.75) is 20.0 Å². The van der Waals surface area contributed by atoms with Gasteiger partial charge >= 0.3 is 5.97 Å². The third-order valence-electron chi connectivity index (χ3n) is 3.64. The summed E-state index contributed by atoms with van der Waals surface area (Å²) in [5, 5.41) is 0.197. The van der Waals surface area contributed by atoms with Gasteiger partial charge in [-0.2, -0.15) is 0 Å². The maximum Gasteiger partial charge on any atom is 0.342 e. The van der Waals surface area contributed by atoms with E-state index in [1.807, 2.05) is 6.92 Å². The zero-order valence-electron chi connectivity index (χ0n) is 14.7. The monoisotopic (exact) mass is 377 g/mol. The molecule has 0 aromatic heterocycles. The molecular formula is C19H20ClNO5. The highest BCUT2D eigenvalue weighted by Crippen LogP contribution is 2.29. The smallest absolute Gasteiger partial charge is 0.342 e. The van der Waals surface area contributed by atoms with Gasteiger partial charge in [0, 0.05) is 11.6 Å². The number of hydrogen-bond acceptors (Lipinski definition) is 6. The number of anilines is 1. The van der Waals surface area contributed by atoms with E-state index in [1.165, 1.54) is 26.2 Å². The van der Waals surface area contributed by atoms with Crippen molar-refractivity contribution in [1.82, 2.24) is 0 Å². The highest BCUT2D eigenvalue weighted by molar-refractivity contribution is 6.33. The number of nitrogens with two attached hydrogens (primary N) is 1. The molecule has 0 spiro atoms. The Bertz CT molecular complexity index is 804. The van der Waals surface area contributed by atoms with Gasteiger partial charge in [0.2, 0.25) is 5.78 Å². The Kier molecular flexibility index (Phi) is 6.46. The van der Waals surface area contributed by atoms with Crippen molar-refractivity contribution in [2.24, 2.45) is 0 Å². The summed E-state index contributed by atoms with van der Waals surface area (Å²) < 4.78 is 15.7. The summed E-state index contributed by atoms with van der Waals surface area (Å²) in [6.45, 7) is 3.91. The van der Waals surface area contributed by atoms with Crippen molar-refractivity contribution in [3.63, 3.8) is 0 Å². The predicted octanol–water partition coefficient (Wildman–Crippen LogP) is 3.76. The van der Waals surface area contributed by atoms with Gasteiger partial charge in [-0.15, -0.1) is 0 Å². The quantitative estimate of drug-likeness (QED) is 0.449. The van der Waals surface area contributed by atoms with Crippen LogP contribution in [0.25, 0.3) is 0 Å². The molecule has 0 unspecified atom stereocenters. The summed E-state index contributed by atoms with van der Waals surface area (Å²) in [6, 6.07) is 9.41. The molecule has 138 valence electrons. The molecule has 2 aromatic carbocycles. The molecule has 0 saturated carbocycles. The van der Waals surface area contributed by atoms with E-state index >= 15 is 0 Å². The number of halogens is 1. The van der Waals surface area contributed by atoms with E-state index in [9.17, 15) is 9.59 Å². The Morgan fingerprint density at radius 3 is 2.42 bits per heavy atom. The maximum absolute atomic E-state index is 12.5. The summed E-state index contributed by atoms with van der Waals surface area (Å²) in [4.78, 5) is 24.9. The van der Waals surface area contributed by atoms with E-state index in [4.69, 9.17) is 31.5 Å². The average molecular weight is 378 g/mol. The number of ether oxygens (including phenoxy) is 3. The lowest BCUT2D eigenvalue weighted by Crippen LogP contribution is -2.24. The molecular weight excluding hydrogens is 358 g/mol. The molecule has 0 aliphatic rings. The Morgan fingerprint density at radius 1 is 1.19 bits per heavy atom. The lowest BCUT2D eigenvalue weighted by atomic mass is 10.1. The van der Waals surface area contributed by atoms with Crippen molar-refractivity contribution in [3.05, 3.63) is 52.5 Å². The molecule has 0 aliphatic heterocycles. The highest BCUT2D eigenvalue weighted by atomic mass is 35.5. The number of hydrogen-bond donors (Lipinski definition) is 1. The van der Waals surface area contributed by atoms with E-state index in [2.05, 4.69) is 0 Å². The van der Waals surface area contributed by atoms with Gasteiger partial charge in [-0.1, -0.05) is 11.6 Å². The van der Waals surface area contributed by atoms with Gasteiger partial charge in [0.15, 0.2) is 6.10 Å². The first-order valence-corrected chi connectivity index (χ1v) is 8.36. The molecule has 7 heteroatoms. The van der Waals surface area contributed by atoms with Crippen LogP contribution in [-0.4, -0.2) is 31.6 Å². The van der Waals surface area contributed by atoms with Crippen molar-refractivity contribution in [2.75, 3.05) is 19.5 Å². The normalized spacial score (nSPS) is 11.5. The van der Waals surface area contributed by atoms with E-state index in [1.54, 1.807) is 24.3 Å². The summed E-state index contributed by atoms with van der Waals surface area (Å²) in [5.41, 5.74) is 6.48. The van der Waals surface area contributed by atoms with Crippen molar-refractivity contribution < 1.29 is 23.8 Å². The van der Waals surface area contributed by atoms with Crippen LogP contribution in [0.5, 0.6) is 11.5 Å². The van der Waals surface area contributed by atoms with Crippen molar-refractivity contribution in [1.29, 1.82) is 0 Å². The van der Waals surface area contributed by atoms with Gasteiger partial charge in [0.1, 0.15) is 17.1 Å². The van der Waals surface area contributed by atoms with E-state index < -0.39 is 12.1 Å². The summed E-state index contributed by atoms with van der Waals surface area (Å²) in [5.74, 6) is -0.176. The minimum absolute atomic E-state index is 0.0954. The number of methoxy groups -OCH3 is 1. The molecule has 2 N–H and O–H groups in total. The standard InChI is InChI=1S/C19H20ClNO5/c1-4-25-13-7-5-12(6-8-13)18(22)11(2)26-19(23)14-9-15(20)16(21)10-17(14)24-3/h5-11H,4,21H2,1-3H3/t11-/m0/s1. The molecule has 6 nitrogen and oxygen atoms in total. The van der Waals surface area contributed by atoms with E-state index in [0.29, 0.717) is 17.9 Å². The zero-order valence-corrected chi connectivity index (χ0v) is 15.5. The van der Waals surface area contributed by atoms with Crippen LogP contribution in [0.2, 0.25) is 5.02 Å². The molecule has 0 radical (unpaired) electrons. The van der Waals surface area contributed by atoms with Crippen LogP contribution in [0, 0.1) is 0 Å². The van der Waals surface area contributed by atoms with Gasteiger partial charge in [0.05, 0.1) is 24.4 Å². The van der Waals surface area contributed by atoms with Gasteiger partial charge in [-0.3, -0.25) is 4.79 Å². The fourth-order valence-electron chi connectivity index (χ4n) is 2.29. The first-order valence-electron chi connectivity index (χ1n) is 7.98. The van der Waals surface area contributed by atoms with Crippen molar-refractivity contribution in [3.8, 4) is 11.5 Å². The van der Waals surface area contributed by atoms with Crippen LogP contribution in [0.4, 0.5) is 5.69 Å². The fraction of sp³-hybridized carbons (Fsp3) is 0.263. The molecule has 1 atom stereocenters. The van der Waals surface area contributed by atoms with Crippen LogP contribution < -0.4 is 15.2 Å². The number of benzene rings is 2. The average Bonchev–Trinajstić information content (AvgIpc) is 2.63. The summed E-state index contributed by atoms with van der Waals surface area (Å²) in [6.07, 6.45) is -0.985. The van der Waals surface area contributed by atoms with Gasteiger partial charge in [-0.25, -0.2) is 4.79 Å². The lowest BCUT2D eigenvalue weighted by Gasteiger charge is -2.15. The van der Waals surface area contributed by atoms with Crippen LogP contribution in [-0.2, 0) is 4.74 Å². The summed E-state index contributed by atoms with van der Waals surface area (Å²) >= 11 is 5.96. The third kappa shape index (κ3) is 4.46. The number of Topliss-reactive ketones (excluding diaryl/α,β-unsaturated/α-hetero) is 1. The van der Waals surface area contributed by atoms with Gasteiger partial charge < -0.3 is 19.9 Å². The number of esters is 1. The first-order chi connectivity index (χ1) is 12.4. The molecule has 2 aromatic rings. The third-order valence-corrected chi connectivity index (χ3v) is 3.97. The van der Waals surface area contributed by atoms with Crippen LogP contribution in [0.1, 0.15) is 34.6 Å². The minimum atomic E-state index is -0.985. The van der Waals surface area contributed by atoms with Crippen LogP contribution in [0.3, 0.4) is 0 Å².